The largest absolute Gasteiger partial charge is 0.480 e. The van der Waals surface area contributed by atoms with E-state index < -0.39 is 12.0 Å². The monoisotopic (exact) mass is 310 g/mol. The van der Waals surface area contributed by atoms with Gasteiger partial charge in [0.05, 0.1) is 10.6 Å². The van der Waals surface area contributed by atoms with Crippen LogP contribution in [0.2, 0.25) is 5.02 Å². The van der Waals surface area contributed by atoms with Crippen LogP contribution in [0.3, 0.4) is 0 Å². The normalized spacial score (nSPS) is 22.1. The second-order valence-electron chi connectivity index (χ2n) is 5.46. The molecule has 1 aromatic heterocycles. The summed E-state index contributed by atoms with van der Waals surface area (Å²) in [7, 11) is 0. The Morgan fingerprint density at radius 1 is 1.52 bits per heavy atom. The van der Waals surface area contributed by atoms with Gasteiger partial charge < -0.3 is 10.0 Å². The smallest absolute Gasteiger partial charge is 0.326 e. The molecular formula is C15H19ClN2O3. The van der Waals surface area contributed by atoms with Crippen molar-refractivity contribution in [1.29, 1.82) is 0 Å². The SMILES string of the molecule is CCC1CCN(C(=O)c2cnc(C)cc2Cl)C(C(=O)O)C1. The van der Waals surface area contributed by atoms with Crippen molar-refractivity contribution in [2.45, 2.75) is 39.2 Å². The van der Waals surface area contributed by atoms with Gasteiger partial charge in [0.2, 0.25) is 0 Å². The summed E-state index contributed by atoms with van der Waals surface area (Å²) in [6, 6.07) is 0.831. The van der Waals surface area contributed by atoms with Crippen molar-refractivity contribution in [3.8, 4) is 0 Å². The Bertz CT molecular complexity index is 562. The van der Waals surface area contributed by atoms with Crippen molar-refractivity contribution in [3.05, 3.63) is 28.5 Å². The van der Waals surface area contributed by atoms with Crippen LogP contribution in [0, 0.1) is 12.8 Å². The molecule has 5 nitrogen and oxygen atoms in total. The molecule has 1 fully saturated rings. The number of carbonyl (C=O) groups is 2. The molecule has 2 heterocycles. The first kappa shape index (κ1) is 15.8. The maximum absolute atomic E-state index is 12.6. The van der Waals surface area contributed by atoms with Gasteiger partial charge in [0.25, 0.3) is 5.91 Å². The molecule has 1 aliphatic heterocycles. The first-order chi connectivity index (χ1) is 9.93. The van der Waals surface area contributed by atoms with Crippen LogP contribution in [-0.4, -0.2) is 39.5 Å². The zero-order valence-corrected chi connectivity index (χ0v) is 12.9. The number of aromatic nitrogens is 1. The average Bonchev–Trinajstić information content (AvgIpc) is 2.46. The Morgan fingerprint density at radius 3 is 2.81 bits per heavy atom. The van der Waals surface area contributed by atoms with Gasteiger partial charge in [0.1, 0.15) is 6.04 Å². The minimum Gasteiger partial charge on any atom is -0.480 e. The standard InChI is InChI=1S/C15H19ClN2O3/c1-3-10-4-5-18(13(7-10)15(20)21)14(19)11-8-17-9(2)6-12(11)16/h6,8,10,13H,3-5,7H2,1-2H3,(H,20,21). The van der Waals surface area contributed by atoms with Gasteiger partial charge in [-0.25, -0.2) is 4.79 Å². The predicted molar refractivity (Wildman–Crippen MR) is 79.5 cm³/mol. The van der Waals surface area contributed by atoms with Crippen molar-refractivity contribution >= 4 is 23.5 Å². The van der Waals surface area contributed by atoms with Crippen LogP contribution >= 0.6 is 11.6 Å². The Labute approximate surface area is 128 Å². The number of nitrogens with zero attached hydrogens (tertiary/aromatic N) is 2. The van der Waals surface area contributed by atoms with Crippen LogP contribution in [0.15, 0.2) is 12.3 Å². The number of aryl methyl sites for hydroxylation is 1. The Morgan fingerprint density at radius 2 is 2.24 bits per heavy atom. The van der Waals surface area contributed by atoms with Gasteiger partial charge in [-0.15, -0.1) is 0 Å². The molecule has 2 rings (SSSR count). The fourth-order valence-corrected chi connectivity index (χ4v) is 3.01. The molecule has 0 spiro atoms. The second kappa shape index (κ2) is 6.43. The maximum Gasteiger partial charge on any atom is 0.326 e. The van der Waals surface area contributed by atoms with Gasteiger partial charge in [-0.3, -0.25) is 9.78 Å². The van der Waals surface area contributed by atoms with E-state index in [0.29, 0.717) is 23.9 Å². The molecule has 1 aromatic rings. The highest BCUT2D eigenvalue weighted by atomic mass is 35.5. The highest BCUT2D eigenvalue weighted by Crippen LogP contribution is 2.28. The maximum atomic E-state index is 12.6. The summed E-state index contributed by atoms with van der Waals surface area (Å²) in [5, 5.41) is 9.70. The lowest BCUT2D eigenvalue weighted by Gasteiger charge is -2.37. The van der Waals surface area contributed by atoms with Gasteiger partial charge in [-0.1, -0.05) is 24.9 Å². The zero-order valence-electron chi connectivity index (χ0n) is 12.2. The minimum atomic E-state index is -0.960. The number of carboxylic acids is 1. The lowest BCUT2D eigenvalue weighted by atomic mass is 9.88. The van der Waals surface area contributed by atoms with E-state index in [1.54, 1.807) is 13.0 Å². The average molecular weight is 311 g/mol. The van der Waals surface area contributed by atoms with E-state index in [2.05, 4.69) is 4.98 Å². The van der Waals surface area contributed by atoms with E-state index >= 15 is 0 Å². The summed E-state index contributed by atoms with van der Waals surface area (Å²) in [5.41, 5.74) is 0.986. The first-order valence-electron chi connectivity index (χ1n) is 7.10. The van der Waals surface area contributed by atoms with Crippen LogP contribution < -0.4 is 0 Å². The lowest BCUT2D eigenvalue weighted by molar-refractivity contribution is -0.144. The summed E-state index contributed by atoms with van der Waals surface area (Å²) in [6.07, 6.45) is 3.67. The van der Waals surface area contributed by atoms with Crippen molar-refractivity contribution in [3.63, 3.8) is 0 Å². The number of hydrogen-bond donors (Lipinski definition) is 1. The second-order valence-corrected chi connectivity index (χ2v) is 5.86. The van der Waals surface area contributed by atoms with Crippen LogP contribution in [0.4, 0.5) is 0 Å². The summed E-state index contributed by atoms with van der Waals surface area (Å²) in [4.78, 5) is 29.5. The molecule has 1 amide bonds. The molecule has 1 N–H and O–H groups in total. The third-order valence-corrected chi connectivity index (χ3v) is 4.37. The number of rotatable bonds is 3. The molecular weight excluding hydrogens is 292 g/mol. The number of aliphatic carboxylic acids is 1. The molecule has 0 aliphatic carbocycles. The molecule has 2 unspecified atom stereocenters. The fraction of sp³-hybridized carbons (Fsp3) is 0.533. The minimum absolute atomic E-state index is 0.267. The molecule has 6 heteroatoms. The lowest BCUT2D eigenvalue weighted by Crippen LogP contribution is -2.50. The summed E-state index contributed by atoms with van der Waals surface area (Å²) in [5.74, 6) is -0.964. The quantitative estimate of drug-likeness (QED) is 0.932. The number of amides is 1. The van der Waals surface area contributed by atoms with E-state index in [9.17, 15) is 14.7 Å². The highest BCUT2D eigenvalue weighted by molar-refractivity contribution is 6.33. The highest BCUT2D eigenvalue weighted by Gasteiger charge is 2.36. The van der Waals surface area contributed by atoms with Crippen LogP contribution in [-0.2, 0) is 4.79 Å². The number of hydrogen-bond acceptors (Lipinski definition) is 3. The molecule has 1 saturated heterocycles. The van der Waals surface area contributed by atoms with E-state index in [1.807, 2.05) is 6.92 Å². The molecule has 0 bridgehead atoms. The van der Waals surface area contributed by atoms with Gasteiger partial charge in [0.15, 0.2) is 0 Å². The summed E-state index contributed by atoms with van der Waals surface area (Å²) < 4.78 is 0. The van der Waals surface area contributed by atoms with E-state index in [0.717, 1.165) is 18.5 Å². The van der Waals surface area contributed by atoms with Crippen LogP contribution in [0.25, 0.3) is 0 Å². The van der Waals surface area contributed by atoms with Crippen LogP contribution in [0.5, 0.6) is 0 Å². The Balaban J connectivity index is 2.26. The van der Waals surface area contributed by atoms with Gasteiger partial charge in [0, 0.05) is 18.4 Å². The first-order valence-corrected chi connectivity index (χ1v) is 7.47. The number of carboxylic acid groups (broad SMARTS) is 1. The molecule has 0 aromatic carbocycles. The number of piperidine rings is 1. The summed E-state index contributed by atoms with van der Waals surface area (Å²) >= 11 is 6.09. The van der Waals surface area contributed by atoms with Crippen molar-refractivity contribution < 1.29 is 14.7 Å². The molecule has 1 aliphatic rings. The third-order valence-electron chi connectivity index (χ3n) is 4.05. The predicted octanol–water partition coefficient (Wildman–Crippen LogP) is 2.76. The Hall–Kier alpha value is -1.62. The Kier molecular flexibility index (Phi) is 4.83. The molecule has 0 saturated carbocycles. The molecule has 2 atom stereocenters. The topological polar surface area (TPSA) is 70.5 Å². The van der Waals surface area contributed by atoms with E-state index in [-0.39, 0.29) is 11.5 Å². The van der Waals surface area contributed by atoms with E-state index in [1.165, 1.54) is 11.1 Å². The zero-order chi connectivity index (χ0) is 15.6. The number of pyridine rings is 1. The van der Waals surface area contributed by atoms with E-state index in [4.69, 9.17) is 11.6 Å². The molecule has 114 valence electrons. The molecule has 21 heavy (non-hydrogen) atoms. The van der Waals surface area contributed by atoms with Crippen molar-refractivity contribution in [2.24, 2.45) is 5.92 Å². The number of halogens is 1. The number of likely N-dealkylation sites (tertiary alicyclic amines) is 1. The number of carbonyl (C=O) groups excluding carboxylic acids is 1. The van der Waals surface area contributed by atoms with Crippen molar-refractivity contribution in [2.75, 3.05) is 6.54 Å². The van der Waals surface area contributed by atoms with Gasteiger partial charge in [-0.2, -0.15) is 0 Å². The van der Waals surface area contributed by atoms with Gasteiger partial charge in [-0.05, 0) is 31.7 Å². The third kappa shape index (κ3) is 3.35. The van der Waals surface area contributed by atoms with Gasteiger partial charge >= 0.3 is 5.97 Å². The van der Waals surface area contributed by atoms with Crippen LogP contribution in [0.1, 0.15) is 42.2 Å². The fourth-order valence-electron chi connectivity index (χ4n) is 2.72. The summed E-state index contributed by atoms with van der Waals surface area (Å²) in [6.45, 7) is 4.27. The van der Waals surface area contributed by atoms with Crippen molar-refractivity contribution in [1.82, 2.24) is 9.88 Å². The molecule has 0 radical (unpaired) electrons.